The molecular formula is C10H15N5O3S. The zero-order valence-corrected chi connectivity index (χ0v) is 11.1. The molecule has 1 saturated heterocycles. The molecule has 0 radical (unpaired) electrons. The number of nitrogens with one attached hydrogen (secondary N) is 2. The number of sulfonamides is 1. The SMILES string of the molecule is CC1C(=O)NCCN1S(=O)(=O)c1cccnc1NN. The monoisotopic (exact) mass is 285 g/mol. The van der Waals surface area contributed by atoms with Gasteiger partial charge in [-0.2, -0.15) is 4.31 Å². The number of nitrogens with zero attached hydrogens (tertiary/aromatic N) is 2. The summed E-state index contributed by atoms with van der Waals surface area (Å²) in [5.41, 5.74) is 2.25. The van der Waals surface area contributed by atoms with Gasteiger partial charge in [-0.15, -0.1) is 0 Å². The van der Waals surface area contributed by atoms with E-state index < -0.39 is 16.1 Å². The van der Waals surface area contributed by atoms with Crippen LogP contribution >= 0.6 is 0 Å². The molecule has 19 heavy (non-hydrogen) atoms. The number of nitrogen functional groups attached to an aromatic ring is 1. The second-order valence-corrected chi connectivity index (χ2v) is 5.94. The van der Waals surface area contributed by atoms with E-state index in [0.29, 0.717) is 0 Å². The van der Waals surface area contributed by atoms with Crippen molar-refractivity contribution in [1.82, 2.24) is 14.6 Å². The molecule has 1 aromatic rings. The molecular weight excluding hydrogens is 270 g/mol. The summed E-state index contributed by atoms with van der Waals surface area (Å²) in [6.07, 6.45) is 1.43. The Morgan fingerprint density at radius 1 is 1.58 bits per heavy atom. The number of pyridine rings is 1. The summed E-state index contributed by atoms with van der Waals surface area (Å²) in [7, 11) is -3.82. The van der Waals surface area contributed by atoms with Crippen LogP contribution in [0.5, 0.6) is 0 Å². The van der Waals surface area contributed by atoms with Gasteiger partial charge in [0.05, 0.1) is 0 Å². The Balaban J connectivity index is 2.44. The Hall–Kier alpha value is -1.71. The summed E-state index contributed by atoms with van der Waals surface area (Å²) < 4.78 is 26.2. The van der Waals surface area contributed by atoms with Crippen molar-refractivity contribution in [1.29, 1.82) is 0 Å². The lowest BCUT2D eigenvalue weighted by Crippen LogP contribution is -2.55. The van der Waals surface area contributed by atoms with E-state index in [1.54, 1.807) is 0 Å². The summed E-state index contributed by atoms with van der Waals surface area (Å²) in [5, 5.41) is 2.61. The number of aromatic nitrogens is 1. The molecule has 0 spiro atoms. The van der Waals surface area contributed by atoms with Crippen LogP contribution in [0, 0.1) is 0 Å². The van der Waals surface area contributed by atoms with Gasteiger partial charge >= 0.3 is 0 Å². The highest BCUT2D eigenvalue weighted by atomic mass is 32.2. The van der Waals surface area contributed by atoms with E-state index in [9.17, 15) is 13.2 Å². The zero-order chi connectivity index (χ0) is 14.0. The largest absolute Gasteiger partial charge is 0.353 e. The Kier molecular flexibility index (Phi) is 3.69. The van der Waals surface area contributed by atoms with Crippen molar-refractivity contribution in [2.45, 2.75) is 17.9 Å². The Labute approximate surface area is 111 Å². The maximum absolute atomic E-state index is 12.5. The van der Waals surface area contributed by atoms with E-state index in [1.165, 1.54) is 25.3 Å². The average molecular weight is 285 g/mol. The molecule has 1 amide bonds. The molecule has 1 atom stereocenters. The van der Waals surface area contributed by atoms with Crippen molar-refractivity contribution in [3.05, 3.63) is 18.3 Å². The summed E-state index contributed by atoms with van der Waals surface area (Å²) in [4.78, 5) is 15.4. The van der Waals surface area contributed by atoms with Crippen molar-refractivity contribution < 1.29 is 13.2 Å². The standard InChI is InChI=1S/C10H15N5O3S/c1-7-10(16)13-5-6-15(7)19(17,18)8-3-2-4-12-9(8)14-11/h2-4,7H,5-6,11H2,1H3,(H,12,14)(H,13,16). The second-order valence-electron chi connectivity index (χ2n) is 4.08. The van der Waals surface area contributed by atoms with Crippen LogP contribution in [-0.2, 0) is 14.8 Å². The minimum absolute atomic E-state index is 0.0425. The first-order valence-corrected chi connectivity index (χ1v) is 7.13. The van der Waals surface area contributed by atoms with Gasteiger partial charge in [0.1, 0.15) is 10.9 Å². The van der Waals surface area contributed by atoms with E-state index in [0.717, 1.165) is 4.31 Å². The quantitative estimate of drug-likeness (QED) is 0.478. The number of amides is 1. The number of anilines is 1. The number of rotatable bonds is 3. The highest BCUT2D eigenvalue weighted by Crippen LogP contribution is 2.24. The van der Waals surface area contributed by atoms with Crippen molar-refractivity contribution in [2.24, 2.45) is 5.84 Å². The molecule has 0 bridgehead atoms. The topological polar surface area (TPSA) is 117 Å². The van der Waals surface area contributed by atoms with Gasteiger partial charge in [0.2, 0.25) is 15.9 Å². The molecule has 1 aliphatic heterocycles. The number of hydrazine groups is 1. The van der Waals surface area contributed by atoms with Crippen LogP contribution in [0.15, 0.2) is 23.2 Å². The van der Waals surface area contributed by atoms with E-state index in [-0.39, 0.29) is 29.7 Å². The van der Waals surface area contributed by atoms with Gasteiger partial charge in [0.15, 0.2) is 5.82 Å². The van der Waals surface area contributed by atoms with Gasteiger partial charge in [-0.1, -0.05) is 0 Å². The lowest BCUT2D eigenvalue weighted by Gasteiger charge is -2.31. The Morgan fingerprint density at radius 3 is 3.00 bits per heavy atom. The van der Waals surface area contributed by atoms with Crippen molar-refractivity contribution >= 4 is 21.7 Å². The molecule has 1 aromatic heterocycles. The lowest BCUT2D eigenvalue weighted by atomic mass is 10.2. The van der Waals surface area contributed by atoms with E-state index in [4.69, 9.17) is 5.84 Å². The number of carbonyl (C=O) groups excluding carboxylic acids is 1. The van der Waals surface area contributed by atoms with Crippen LogP contribution in [0.25, 0.3) is 0 Å². The minimum atomic E-state index is -3.82. The number of piperazine rings is 1. The van der Waals surface area contributed by atoms with Gasteiger partial charge in [0.25, 0.3) is 0 Å². The maximum atomic E-state index is 12.5. The number of carbonyl (C=O) groups is 1. The molecule has 8 nitrogen and oxygen atoms in total. The molecule has 0 saturated carbocycles. The predicted molar refractivity (Wildman–Crippen MR) is 68.4 cm³/mol. The summed E-state index contributed by atoms with van der Waals surface area (Å²) in [6, 6.07) is 2.14. The second kappa shape index (κ2) is 5.11. The number of hydrogen-bond acceptors (Lipinski definition) is 6. The van der Waals surface area contributed by atoms with Crippen LogP contribution in [0.1, 0.15) is 6.92 Å². The molecule has 4 N–H and O–H groups in total. The van der Waals surface area contributed by atoms with E-state index in [1.807, 2.05) is 0 Å². The third-order valence-corrected chi connectivity index (χ3v) is 4.94. The van der Waals surface area contributed by atoms with Crippen LogP contribution in [0.3, 0.4) is 0 Å². The zero-order valence-electron chi connectivity index (χ0n) is 10.3. The van der Waals surface area contributed by atoms with Gasteiger partial charge in [-0.3, -0.25) is 4.79 Å². The van der Waals surface area contributed by atoms with Crippen molar-refractivity contribution in [2.75, 3.05) is 18.5 Å². The molecule has 2 rings (SSSR count). The minimum Gasteiger partial charge on any atom is -0.353 e. The fourth-order valence-corrected chi connectivity index (χ4v) is 3.63. The average Bonchev–Trinajstić information content (AvgIpc) is 2.41. The van der Waals surface area contributed by atoms with Crippen LogP contribution in [0.2, 0.25) is 0 Å². The predicted octanol–water partition coefficient (Wildman–Crippen LogP) is -1.12. The van der Waals surface area contributed by atoms with Crippen LogP contribution in [0.4, 0.5) is 5.82 Å². The first-order valence-electron chi connectivity index (χ1n) is 5.69. The normalized spacial score (nSPS) is 20.9. The summed E-state index contributed by atoms with van der Waals surface area (Å²) >= 11 is 0. The fraction of sp³-hybridized carbons (Fsp3) is 0.400. The molecule has 2 heterocycles. The van der Waals surface area contributed by atoms with E-state index >= 15 is 0 Å². The summed E-state index contributed by atoms with van der Waals surface area (Å²) in [5.74, 6) is 5.00. The first-order chi connectivity index (χ1) is 8.98. The Bertz CT molecular complexity index is 589. The third kappa shape index (κ3) is 2.39. The Morgan fingerprint density at radius 2 is 2.32 bits per heavy atom. The van der Waals surface area contributed by atoms with Gasteiger partial charge in [-0.05, 0) is 19.1 Å². The number of nitrogens with two attached hydrogens (primary N) is 1. The first kappa shape index (κ1) is 13.7. The molecule has 0 aromatic carbocycles. The lowest BCUT2D eigenvalue weighted by molar-refractivity contribution is -0.126. The van der Waals surface area contributed by atoms with Crippen LogP contribution in [-0.4, -0.2) is 42.7 Å². The van der Waals surface area contributed by atoms with Gasteiger partial charge in [-0.25, -0.2) is 19.2 Å². The highest BCUT2D eigenvalue weighted by molar-refractivity contribution is 7.89. The van der Waals surface area contributed by atoms with Crippen molar-refractivity contribution in [3.63, 3.8) is 0 Å². The fourth-order valence-electron chi connectivity index (χ4n) is 1.92. The van der Waals surface area contributed by atoms with Crippen molar-refractivity contribution in [3.8, 4) is 0 Å². The van der Waals surface area contributed by atoms with Gasteiger partial charge in [0, 0.05) is 19.3 Å². The smallest absolute Gasteiger partial charge is 0.247 e. The third-order valence-electron chi connectivity index (χ3n) is 2.94. The molecule has 1 unspecified atom stereocenters. The molecule has 9 heteroatoms. The molecule has 1 aliphatic rings. The van der Waals surface area contributed by atoms with E-state index in [2.05, 4.69) is 15.7 Å². The molecule has 104 valence electrons. The summed E-state index contributed by atoms with van der Waals surface area (Å²) in [6.45, 7) is 2.04. The van der Waals surface area contributed by atoms with Crippen LogP contribution < -0.4 is 16.6 Å². The molecule has 1 fully saturated rings. The van der Waals surface area contributed by atoms with Gasteiger partial charge < -0.3 is 10.7 Å². The number of hydrogen-bond donors (Lipinski definition) is 3. The molecule has 0 aliphatic carbocycles. The maximum Gasteiger partial charge on any atom is 0.247 e. The highest BCUT2D eigenvalue weighted by Gasteiger charge is 2.36.